The third-order valence-electron chi connectivity index (χ3n) is 8.07. The third-order valence-corrected chi connectivity index (χ3v) is 14.5. The van der Waals surface area contributed by atoms with Crippen LogP contribution in [0.2, 0.25) is 18.1 Å². The molecule has 0 bridgehead atoms. The van der Waals surface area contributed by atoms with Gasteiger partial charge in [-0.25, -0.2) is 0 Å². The van der Waals surface area contributed by atoms with Gasteiger partial charge in [-0.1, -0.05) is 65.7 Å². The van der Waals surface area contributed by atoms with Crippen molar-refractivity contribution in [1.82, 2.24) is 0 Å². The monoisotopic (exact) mass is 636 g/mol. The number of hydrogen-bond donors (Lipinski definition) is 0. The second-order valence-corrected chi connectivity index (χ2v) is 20.2. The number of hydrogen-bond acceptors (Lipinski definition) is 9. The number of aldehydes is 1. The summed E-state index contributed by atoms with van der Waals surface area (Å²) in [5.41, 5.74) is 0. The van der Waals surface area contributed by atoms with Crippen LogP contribution in [0.4, 0.5) is 0 Å². The Kier molecular flexibility index (Phi) is 17.2. The lowest BCUT2D eigenvalue weighted by Gasteiger charge is -2.39. The van der Waals surface area contributed by atoms with Gasteiger partial charge in [0.2, 0.25) is 0 Å². The van der Waals surface area contributed by atoms with E-state index in [1.807, 2.05) is 20.8 Å². The molecule has 1 heterocycles. The van der Waals surface area contributed by atoms with Crippen molar-refractivity contribution in [3.05, 3.63) is 0 Å². The summed E-state index contributed by atoms with van der Waals surface area (Å²) >= 11 is 0. The zero-order chi connectivity index (χ0) is 32.0. The maximum absolute atomic E-state index is 12.5. The molecule has 42 heavy (non-hydrogen) atoms. The Morgan fingerprint density at radius 2 is 1.48 bits per heavy atom. The fourth-order valence-electron chi connectivity index (χ4n) is 4.89. The second kappa shape index (κ2) is 18.4. The summed E-state index contributed by atoms with van der Waals surface area (Å²) in [6.45, 7) is 20.4. The Balaban J connectivity index is 2.28. The Bertz CT molecular complexity index is 833. The normalized spacial score (nSPS) is 20.8. The van der Waals surface area contributed by atoms with Gasteiger partial charge in [-0.2, -0.15) is 0 Å². The topological polar surface area (TPSA) is 107 Å². The summed E-state index contributed by atoms with van der Waals surface area (Å²) < 4.78 is 47.0. The van der Waals surface area contributed by atoms with Crippen molar-refractivity contribution in [2.45, 2.75) is 168 Å². The van der Waals surface area contributed by atoms with Crippen molar-refractivity contribution in [2.24, 2.45) is 0 Å². The van der Waals surface area contributed by atoms with Crippen molar-refractivity contribution >= 4 is 28.2 Å². The summed E-state index contributed by atoms with van der Waals surface area (Å²) in [5.74, 6) is -1.26. The maximum Gasteiger partial charge on any atom is 0.341 e. The molecule has 0 aromatic heterocycles. The number of carbonyl (C=O) groups is 2. The molecular formula is C31H61O9PSi. The Morgan fingerprint density at radius 1 is 0.952 bits per heavy atom. The van der Waals surface area contributed by atoms with E-state index in [0.717, 1.165) is 57.7 Å². The van der Waals surface area contributed by atoms with E-state index in [1.54, 1.807) is 13.8 Å². The van der Waals surface area contributed by atoms with Crippen LogP contribution in [0.3, 0.4) is 0 Å². The molecule has 248 valence electrons. The van der Waals surface area contributed by atoms with Crippen LogP contribution in [0.1, 0.15) is 120 Å². The summed E-state index contributed by atoms with van der Waals surface area (Å²) in [6.07, 6.45) is 9.66. The van der Waals surface area contributed by atoms with Gasteiger partial charge in [-0.15, -0.1) is 0 Å². The highest BCUT2D eigenvalue weighted by molar-refractivity contribution is 7.54. The molecule has 0 N–H and O–H groups in total. The molecule has 1 aliphatic rings. The molecule has 0 unspecified atom stereocenters. The highest BCUT2D eigenvalue weighted by atomic mass is 31.2. The van der Waals surface area contributed by atoms with Crippen LogP contribution in [0.5, 0.6) is 0 Å². The van der Waals surface area contributed by atoms with Gasteiger partial charge in [0, 0.05) is 0 Å². The molecule has 0 saturated carbocycles. The molecule has 1 fully saturated rings. The molecule has 0 radical (unpaired) electrons. The molecule has 1 aliphatic heterocycles. The second-order valence-electron chi connectivity index (χ2n) is 13.4. The van der Waals surface area contributed by atoms with Gasteiger partial charge in [-0.05, 0) is 72.0 Å². The van der Waals surface area contributed by atoms with Gasteiger partial charge in [-0.3, -0.25) is 9.36 Å². The molecule has 0 aromatic rings. The van der Waals surface area contributed by atoms with Gasteiger partial charge in [0.05, 0.1) is 25.4 Å². The van der Waals surface area contributed by atoms with E-state index >= 15 is 0 Å². The van der Waals surface area contributed by atoms with Crippen LogP contribution in [0.15, 0.2) is 0 Å². The van der Waals surface area contributed by atoms with E-state index in [9.17, 15) is 14.2 Å². The smallest absolute Gasteiger partial charge is 0.341 e. The van der Waals surface area contributed by atoms with Gasteiger partial charge < -0.3 is 32.5 Å². The van der Waals surface area contributed by atoms with E-state index in [1.165, 1.54) is 12.8 Å². The zero-order valence-electron chi connectivity index (χ0n) is 28.2. The van der Waals surface area contributed by atoms with Gasteiger partial charge in [0.1, 0.15) is 24.7 Å². The lowest BCUT2D eigenvalue weighted by Crippen LogP contribution is -2.50. The summed E-state index contributed by atoms with van der Waals surface area (Å²) in [5, 5.41) is 0.00463. The molecule has 4 atom stereocenters. The van der Waals surface area contributed by atoms with Crippen LogP contribution < -0.4 is 0 Å². The maximum atomic E-state index is 12.5. The number of carbonyl (C=O) groups excluding carboxylic acids is 2. The molecule has 1 saturated heterocycles. The summed E-state index contributed by atoms with van der Waals surface area (Å²) in [4.78, 5) is 24.2. The first kappa shape index (κ1) is 39.4. The van der Waals surface area contributed by atoms with Crippen LogP contribution in [0, 0.1) is 0 Å². The molecule has 0 amide bonds. The number of unbranched alkanes of at least 4 members (excludes halogenated alkanes) is 7. The van der Waals surface area contributed by atoms with E-state index in [0.29, 0.717) is 0 Å². The first-order chi connectivity index (χ1) is 19.5. The fourth-order valence-corrected chi connectivity index (χ4v) is 7.55. The quantitative estimate of drug-likeness (QED) is 0.0382. The molecule has 1 rings (SSSR count). The number of ether oxygens (including phenoxy) is 3. The van der Waals surface area contributed by atoms with E-state index in [-0.39, 0.29) is 42.7 Å². The summed E-state index contributed by atoms with van der Waals surface area (Å²) in [7, 11) is -5.56. The Labute approximate surface area is 257 Å². The molecule has 9 nitrogen and oxygen atoms in total. The average molecular weight is 637 g/mol. The molecule has 11 heteroatoms. The van der Waals surface area contributed by atoms with E-state index in [2.05, 4.69) is 33.9 Å². The van der Waals surface area contributed by atoms with Crippen molar-refractivity contribution in [1.29, 1.82) is 0 Å². The minimum Gasteiger partial charge on any atom is -0.462 e. The van der Waals surface area contributed by atoms with Crippen molar-refractivity contribution in [3.63, 3.8) is 0 Å². The van der Waals surface area contributed by atoms with Crippen LogP contribution in [-0.4, -0.2) is 70.2 Å². The summed E-state index contributed by atoms with van der Waals surface area (Å²) in [6, 6.07) is 0. The van der Waals surface area contributed by atoms with Crippen LogP contribution in [-0.2, 0) is 41.8 Å². The SMILES string of the molecule is CCOP(=O)(CC(=O)O[C@@H](C)CCCCCCCCCC[C@@H]1OC(C)(C)O[C@H]1[C@H](C=O)O[Si](C)(C)C(C)(C)C)OCC. The van der Waals surface area contributed by atoms with Crippen LogP contribution in [0.25, 0.3) is 0 Å². The van der Waals surface area contributed by atoms with Gasteiger partial charge >= 0.3 is 13.6 Å². The van der Waals surface area contributed by atoms with Crippen LogP contribution >= 0.6 is 7.60 Å². The lowest BCUT2D eigenvalue weighted by molar-refractivity contribution is -0.155. The van der Waals surface area contributed by atoms with E-state index in [4.69, 9.17) is 27.7 Å². The molecule has 0 spiro atoms. The number of esters is 1. The molecule has 0 aromatic carbocycles. The molecular weight excluding hydrogens is 575 g/mol. The van der Waals surface area contributed by atoms with Crippen molar-refractivity contribution in [3.8, 4) is 0 Å². The molecule has 0 aliphatic carbocycles. The highest BCUT2D eigenvalue weighted by Gasteiger charge is 2.48. The first-order valence-corrected chi connectivity index (χ1v) is 20.7. The largest absolute Gasteiger partial charge is 0.462 e. The predicted octanol–water partition coefficient (Wildman–Crippen LogP) is 8.19. The highest BCUT2D eigenvalue weighted by Crippen LogP contribution is 2.48. The average Bonchev–Trinajstić information content (AvgIpc) is 3.16. The Hall–Kier alpha value is -0.613. The number of rotatable bonds is 22. The first-order valence-electron chi connectivity index (χ1n) is 16.1. The van der Waals surface area contributed by atoms with E-state index < -0.39 is 33.8 Å². The van der Waals surface area contributed by atoms with Gasteiger partial charge in [0.15, 0.2) is 14.1 Å². The van der Waals surface area contributed by atoms with Gasteiger partial charge in [0.25, 0.3) is 0 Å². The van der Waals surface area contributed by atoms with Crippen molar-refractivity contribution < 1.29 is 41.8 Å². The third kappa shape index (κ3) is 14.4. The standard InChI is InChI=1S/C31H61O9PSi/c1-11-35-41(34,36-12-2)24-28(33)37-25(3)21-19-17-15-13-14-16-18-20-22-26-29(39-31(7,8)38-26)27(23-32)40-42(9,10)30(4,5)6/h23,25-27,29H,11-22,24H2,1-10H3/t25-,26-,27-,29+/m0/s1. The minimum absolute atomic E-state index is 0.00463. The van der Waals surface area contributed by atoms with Crippen molar-refractivity contribution in [2.75, 3.05) is 19.4 Å². The lowest BCUT2D eigenvalue weighted by atomic mass is 10.0. The predicted molar refractivity (Wildman–Crippen MR) is 169 cm³/mol. The minimum atomic E-state index is -3.43. The Morgan fingerprint density at radius 3 is 1.98 bits per heavy atom. The fraction of sp³-hybridized carbons (Fsp3) is 0.935. The zero-order valence-corrected chi connectivity index (χ0v) is 30.1.